The van der Waals surface area contributed by atoms with Crippen molar-refractivity contribution in [1.82, 2.24) is 15.1 Å². The molecule has 1 unspecified atom stereocenters. The van der Waals surface area contributed by atoms with E-state index >= 15 is 0 Å². The lowest BCUT2D eigenvalue weighted by molar-refractivity contribution is -0.132. The molecular weight excluding hydrogens is 337 g/mol. The number of nitrogens with one attached hydrogen (secondary N) is 1. The van der Waals surface area contributed by atoms with Gasteiger partial charge in [-0.2, -0.15) is 0 Å². The fraction of sp³-hybridized carbons (Fsp3) is 0.438. The van der Waals surface area contributed by atoms with Gasteiger partial charge in [-0.3, -0.25) is 14.4 Å². The second-order valence-electron chi connectivity index (χ2n) is 6.05. The van der Waals surface area contributed by atoms with Gasteiger partial charge in [0.25, 0.3) is 5.91 Å². The van der Waals surface area contributed by atoms with Gasteiger partial charge in [0.15, 0.2) is 0 Å². The molecule has 0 spiro atoms. The van der Waals surface area contributed by atoms with Crippen LogP contribution in [0.2, 0.25) is 5.02 Å². The molecule has 1 aromatic rings. The maximum Gasteiger partial charge on any atom is 0.257 e. The molecule has 2 heterocycles. The molecule has 2 saturated heterocycles. The Balaban J connectivity index is 1.61. The Morgan fingerprint density at radius 3 is 2.67 bits per heavy atom. The largest absolute Gasteiger partial charge is 0.359 e. The molecule has 0 aliphatic carbocycles. The molecule has 2 fully saturated rings. The van der Waals surface area contributed by atoms with Crippen molar-refractivity contribution >= 4 is 29.3 Å². The van der Waals surface area contributed by atoms with Crippen molar-refractivity contribution in [1.29, 1.82) is 0 Å². The van der Waals surface area contributed by atoms with Gasteiger partial charge in [0.2, 0.25) is 11.8 Å². The fourth-order valence-corrected chi connectivity index (χ4v) is 3.29. The smallest absolute Gasteiger partial charge is 0.257 e. The minimum atomic E-state index is -0.621. The second kappa shape index (κ2) is 6.39. The van der Waals surface area contributed by atoms with Crippen molar-refractivity contribution in [3.63, 3.8) is 0 Å². The van der Waals surface area contributed by atoms with Gasteiger partial charge < -0.3 is 15.1 Å². The Labute approximate surface area is 143 Å². The van der Waals surface area contributed by atoms with E-state index in [-0.39, 0.29) is 35.8 Å². The molecule has 0 saturated carbocycles. The van der Waals surface area contributed by atoms with E-state index in [9.17, 15) is 18.8 Å². The highest BCUT2D eigenvalue weighted by atomic mass is 35.5. The Morgan fingerprint density at radius 1 is 1.29 bits per heavy atom. The minimum Gasteiger partial charge on any atom is -0.359 e. The molecule has 128 valence electrons. The van der Waals surface area contributed by atoms with Crippen molar-refractivity contribution in [2.24, 2.45) is 5.92 Å². The summed E-state index contributed by atoms with van der Waals surface area (Å²) >= 11 is 5.81. The molecule has 1 atom stereocenters. The molecule has 8 heteroatoms. The third-order valence-electron chi connectivity index (χ3n) is 4.52. The fourth-order valence-electron chi connectivity index (χ4n) is 3.11. The van der Waals surface area contributed by atoms with Crippen LogP contribution in [0.3, 0.4) is 0 Å². The third-order valence-corrected chi connectivity index (χ3v) is 4.76. The highest BCUT2D eigenvalue weighted by Gasteiger charge is 2.43. The van der Waals surface area contributed by atoms with E-state index in [2.05, 4.69) is 5.32 Å². The zero-order valence-corrected chi connectivity index (χ0v) is 13.8. The number of carbonyl (C=O) groups is 3. The highest BCUT2D eigenvalue weighted by Crippen LogP contribution is 2.27. The molecule has 2 aliphatic heterocycles. The summed E-state index contributed by atoms with van der Waals surface area (Å²) in [6, 6.07) is 3.72. The number of carbonyl (C=O) groups excluding carboxylic acids is 3. The molecule has 2 aliphatic rings. The molecule has 1 aromatic carbocycles. The Bertz CT molecular complexity index is 706. The summed E-state index contributed by atoms with van der Waals surface area (Å²) in [4.78, 5) is 39.1. The second-order valence-corrected chi connectivity index (χ2v) is 6.49. The predicted molar refractivity (Wildman–Crippen MR) is 85.0 cm³/mol. The number of likely N-dealkylation sites (tertiary alicyclic amines) is 2. The molecule has 6 nitrogen and oxygen atoms in total. The van der Waals surface area contributed by atoms with Crippen LogP contribution in [0.25, 0.3) is 0 Å². The molecule has 3 rings (SSSR count). The summed E-state index contributed by atoms with van der Waals surface area (Å²) in [5.74, 6) is -1.66. The molecule has 0 aromatic heterocycles. The first-order chi connectivity index (χ1) is 11.4. The van der Waals surface area contributed by atoms with Crippen molar-refractivity contribution in [2.45, 2.75) is 12.5 Å². The molecule has 0 bridgehead atoms. The first-order valence-corrected chi connectivity index (χ1v) is 8.04. The van der Waals surface area contributed by atoms with Gasteiger partial charge in [0, 0.05) is 38.1 Å². The van der Waals surface area contributed by atoms with Crippen LogP contribution in [0.5, 0.6) is 0 Å². The van der Waals surface area contributed by atoms with Gasteiger partial charge in [0.05, 0.1) is 17.5 Å². The van der Waals surface area contributed by atoms with Crippen LogP contribution >= 0.6 is 11.6 Å². The van der Waals surface area contributed by atoms with E-state index in [1.807, 2.05) is 0 Å². The van der Waals surface area contributed by atoms with E-state index in [0.29, 0.717) is 24.7 Å². The van der Waals surface area contributed by atoms with E-state index < -0.39 is 11.7 Å². The van der Waals surface area contributed by atoms with Crippen LogP contribution in [0, 0.1) is 11.7 Å². The Morgan fingerprint density at radius 2 is 2.00 bits per heavy atom. The number of halogens is 2. The van der Waals surface area contributed by atoms with Crippen LogP contribution in [0.15, 0.2) is 18.2 Å². The van der Waals surface area contributed by atoms with Gasteiger partial charge in [-0.05, 0) is 18.2 Å². The Hall–Kier alpha value is -2.15. The van der Waals surface area contributed by atoms with Gasteiger partial charge in [0.1, 0.15) is 5.82 Å². The maximum atomic E-state index is 13.8. The normalized spacial score (nSPS) is 21.0. The summed E-state index contributed by atoms with van der Waals surface area (Å²) in [5, 5.41) is 2.84. The van der Waals surface area contributed by atoms with Gasteiger partial charge in [-0.15, -0.1) is 0 Å². The summed E-state index contributed by atoms with van der Waals surface area (Å²) < 4.78 is 13.8. The standard InChI is InChI=1S/C16H17ClFN3O3/c1-19-15(23)9-4-14(22)21(6-9)11-7-20(8-11)16(24)12-5-10(17)2-3-13(12)18/h2-3,5,9,11H,4,6-8H2,1H3,(H,19,23). The number of hydrogen-bond donors (Lipinski definition) is 1. The summed E-state index contributed by atoms with van der Waals surface area (Å²) in [6.45, 7) is 1.02. The van der Waals surface area contributed by atoms with E-state index in [4.69, 9.17) is 11.6 Å². The van der Waals surface area contributed by atoms with Gasteiger partial charge >= 0.3 is 0 Å². The number of benzene rings is 1. The SMILES string of the molecule is CNC(=O)C1CC(=O)N(C2CN(C(=O)c3cc(Cl)ccc3F)C2)C1. The van der Waals surface area contributed by atoms with Crippen molar-refractivity contribution < 1.29 is 18.8 Å². The molecule has 1 N–H and O–H groups in total. The van der Waals surface area contributed by atoms with Crippen molar-refractivity contribution in [3.05, 3.63) is 34.6 Å². The predicted octanol–water partition coefficient (Wildman–Crippen LogP) is 0.898. The molecule has 24 heavy (non-hydrogen) atoms. The lowest BCUT2D eigenvalue weighted by Gasteiger charge is -2.44. The first kappa shape index (κ1) is 16.7. The van der Waals surface area contributed by atoms with Crippen molar-refractivity contribution in [2.75, 3.05) is 26.7 Å². The maximum absolute atomic E-state index is 13.8. The Kier molecular flexibility index (Phi) is 4.45. The average Bonchev–Trinajstić information content (AvgIpc) is 2.89. The van der Waals surface area contributed by atoms with E-state index in [1.54, 1.807) is 11.9 Å². The lowest BCUT2D eigenvalue weighted by atomic mass is 10.0. The van der Waals surface area contributed by atoms with Crippen LogP contribution in [-0.2, 0) is 9.59 Å². The third kappa shape index (κ3) is 2.96. The van der Waals surface area contributed by atoms with Crippen LogP contribution in [0.1, 0.15) is 16.8 Å². The quantitative estimate of drug-likeness (QED) is 0.877. The van der Waals surface area contributed by atoms with Crippen LogP contribution in [-0.4, -0.2) is 60.2 Å². The topological polar surface area (TPSA) is 69.7 Å². The minimum absolute atomic E-state index is 0.0723. The van der Waals surface area contributed by atoms with E-state index in [1.165, 1.54) is 17.0 Å². The van der Waals surface area contributed by atoms with Crippen molar-refractivity contribution in [3.8, 4) is 0 Å². The molecular formula is C16H17ClFN3O3. The first-order valence-electron chi connectivity index (χ1n) is 7.66. The number of amides is 3. The summed E-state index contributed by atoms with van der Waals surface area (Å²) in [5.41, 5.74) is -0.0723. The van der Waals surface area contributed by atoms with Gasteiger partial charge in [-0.25, -0.2) is 4.39 Å². The molecule has 3 amide bonds. The lowest BCUT2D eigenvalue weighted by Crippen LogP contribution is -2.61. The summed E-state index contributed by atoms with van der Waals surface area (Å²) in [6.07, 6.45) is 0.188. The van der Waals surface area contributed by atoms with Gasteiger partial charge in [-0.1, -0.05) is 11.6 Å². The highest BCUT2D eigenvalue weighted by molar-refractivity contribution is 6.31. The summed E-state index contributed by atoms with van der Waals surface area (Å²) in [7, 11) is 1.54. The zero-order chi connectivity index (χ0) is 17.4. The average molecular weight is 354 g/mol. The molecule has 0 radical (unpaired) electrons. The number of rotatable bonds is 3. The van der Waals surface area contributed by atoms with Crippen LogP contribution < -0.4 is 5.32 Å². The zero-order valence-electron chi connectivity index (χ0n) is 13.1. The van der Waals surface area contributed by atoms with Crippen LogP contribution in [0.4, 0.5) is 4.39 Å². The van der Waals surface area contributed by atoms with E-state index in [0.717, 1.165) is 6.07 Å². The monoisotopic (exact) mass is 353 g/mol. The number of hydrogen-bond acceptors (Lipinski definition) is 3. The number of nitrogens with zero attached hydrogens (tertiary/aromatic N) is 2.